The van der Waals surface area contributed by atoms with Gasteiger partial charge in [-0.25, -0.2) is 0 Å². The predicted molar refractivity (Wildman–Crippen MR) is 94.7 cm³/mol. The average molecular weight is 297 g/mol. The minimum atomic E-state index is -1.62. The van der Waals surface area contributed by atoms with Crippen molar-refractivity contribution in [2.75, 3.05) is 0 Å². The lowest BCUT2D eigenvalue weighted by molar-refractivity contribution is 0.170. The van der Waals surface area contributed by atoms with Crippen molar-refractivity contribution < 1.29 is 4.43 Å². The van der Waals surface area contributed by atoms with E-state index in [-0.39, 0.29) is 0 Å². The topological polar surface area (TPSA) is 9.23 Å². The van der Waals surface area contributed by atoms with Crippen molar-refractivity contribution in [2.45, 2.75) is 85.5 Å². The third-order valence-electron chi connectivity index (χ3n) is 4.31. The predicted octanol–water partition coefficient (Wildman–Crippen LogP) is 6.34. The van der Waals surface area contributed by atoms with Crippen LogP contribution < -0.4 is 0 Å². The molecule has 0 aromatic heterocycles. The van der Waals surface area contributed by atoms with Gasteiger partial charge in [0.15, 0.2) is 8.32 Å². The lowest BCUT2D eigenvalue weighted by Gasteiger charge is -2.39. The maximum atomic E-state index is 6.43. The highest BCUT2D eigenvalue weighted by molar-refractivity contribution is 6.74. The molecule has 0 saturated heterocycles. The first-order valence-corrected chi connectivity index (χ1v) is 10.9. The zero-order chi connectivity index (χ0) is 16.0. The number of allylic oxidation sites excluding steroid dienone is 4. The van der Waals surface area contributed by atoms with Crippen LogP contribution >= 0.6 is 0 Å². The van der Waals surface area contributed by atoms with Gasteiger partial charge in [0.2, 0.25) is 0 Å². The maximum Gasteiger partial charge on any atom is 0.192 e. The zero-order valence-electron chi connectivity index (χ0n) is 15.2. The Kier molecular flexibility index (Phi) is 8.05. The number of hydrogen-bond donors (Lipinski definition) is 0. The third kappa shape index (κ3) is 7.44. The van der Waals surface area contributed by atoms with E-state index in [1.54, 1.807) is 0 Å². The average Bonchev–Trinajstić information content (AvgIpc) is 2.24. The number of hydrogen-bond acceptors (Lipinski definition) is 1. The summed E-state index contributed by atoms with van der Waals surface area (Å²) < 4.78 is 6.43. The van der Waals surface area contributed by atoms with Gasteiger partial charge in [0.05, 0.1) is 0 Å². The zero-order valence-corrected chi connectivity index (χ0v) is 16.2. The van der Waals surface area contributed by atoms with Gasteiger partial charge in [-0.3, -0.25) is 0 Å². The van der Waals surface area contributed by atoms with E-state index in [4.69, 9.17) is 4.43 Å². The monoisotopic (exact) mass is 296 g/mol. The Morgan fingerprint density at radius 2 is 1.75 bits per heavy atom. The van der Waals surface area contributed by atoms with E-state index in [2.05, 4.69) is 79.8 Å². The van der Waals surface area contributed by atoms with Crippen molar-refractivity contribution in [3.63, 3.8) is 0 Å². The fourth-order valence-corrected chi connectivity index (χ4v) is 3.56. The Balaban J connectivity index is 4.34. The molecule has 2 heteroatoms. The van der Waals surface area contributed by atoms with E-state index >= 15 is 0 Å². The molecular formula is C18H36OSi. The van der Waals surface area contributed by atoms with E-state index in [1.807, 2.05) is 0 Å². The van der Waals surface area contributed by atoms with Gasteiger partial charge in [-0.05, 0) is 57.7 Å². The van der Waals surface area contributed by atoms with Crippen molar-refractivity contribution in [1.82, 2.24) is 0 Å². The fraction of sp³-hybridized carbons (Fsp3) is 0.778. The summed E-state index contributed by atoms with van der Waals surface area (Å²) in [5.41, 5.74) is 1.36. The summed E-state index contributed by atoms with van der Waals surface area (Å²) in [5.74, 6) is 0.676. The van der Waals surface area contributed by atoms with Gasteiger partial charge in [-0.1, -0.05) is 51.5 Å². The molecule has 118 valence electrons. The van der Waals surface area contributed by atoms with Gasteiger partial charge in [0.25, 0.3) is 0 Å². The second-order valence-corrected chi connectivity index (χ2v) is 12.5. The fourth-order valence-electron chi connectivity index (χ4n) is 2.11. The lowest BCUT2D eigenvalue weighted by Crippen LogP contribution is -2.43. The molecule has 0 radical (unpaired) electrons. The molecule has 0 bridgehead atoms. The molecular weight excluding hydrogens is 260 g/mol. The molecule has 2 atom stereocenters. The molecule has 0 aliphatic heterocycles. The van der Waals surface area contributed by atoms with E-state index in [0.29, 0.717) is 17.1 Å². The molecule has 0 aliphatic rings. The van der Waals surface area contributed by atoms with E-state index in [0.717, 1.165) is 12.8 Å². The molecule has 0 amide bonds. The Morgan fingerprint density at radius 3 is 2.20 bits per heavy atom. The smallest absolute Gasteiger partial charge is 0.192 e. The van der Waals surface area contributed by atoms with Crippen LogP contribution in [0.15, 0.2) is 23.8 Å². The van der Waals surface area contributed by atoms with Crippen LogP contribution in [0, 0.1) is 5.92 Å². The Morgan fingerprint density at radius 1 is 1.20 bits per heavy atom. The highest BCUT2D eigenvalue weighted by Crippen LogP contribution is 2.37. The molecule has 0 heterocycles. The molecule has 20 heavy (non-hydrogen) atoms. The minimum Gasteiger partial charge on any atom is -0.414 e. The molecule has 0 aliphatic carbocycles. The molecule has 0 saturated carbocycles. The van der Waals surface area contributed by atoms with E-state index in [1.165, 1.54) is 5.57 Å². The van der Waals surface area contributed by atoms with Gasteiger partial charge < -0.3 is 4.43 Å². The Labute approximate surface area is 128 Å². The summed E-state index contributed by atoms with van der Waals surface area (Å²) in [6, 6.07) is 0. The third-order valence-corrected chi connectivity index (χ3v) is 8.91. The Bertz CT molecular complexity index is 334. The number of rotatable bonds is 7. The van der Waals surface area contributed by atoms with Crippen molar-refractivity contribution in [3.05, 3.63) is 23.8 Å². The quantitative estimate of drug-likeness (QED) is 0.393. The van der Waals surface area contributed by atoms with Crippen molar-refractivity contribution in [3.8, 4) is 0 Å². The van der Waals surface area contributed by atoms with Crippen LogP contribution in [0.5, 0.6) is 0 Å². The molecule has 0 spiro atoms. The van der Waals surface area contributed by atoms with Crippen LogP contribution in [0.25, 0.3) is 0 Å². The normalized spacial score (nSPS) is 17.6. The second kappa shape index (κ2) is 8.19. The summed E-state index contributed by atoms with van der Waals surface area (Å²) >= 11 is 0. The summed E-state index contributed by atoms with van der Waals surface area (Å²) in [6.45, 7) is 20.4. The van der Waals surface area contributed by atoms with Crippen molar-refractivity contribution in [2.24, 2.45) is 5.92 Å². The summed E-state index contributed by atoms with van der Waals surface area (Å²) in [5, 5.41) is 0.299. The molecule has 1 nitrogen and oxygen atoms in total. The summed E-state index contributed by atoms with van der Waals surface area (Å²) in [6.07, 6.45) is 9.25. The van der Waals surface area contributed by atoms with Gasteiger partial charge in [0, 0.05) is 6.10 Å². The molecule has 0 fully saturated rings. The summed E-state index contributed by atoms with van der Waals surface area (Å²) in [4.78, 5) is 0. The maximum absolute atomic E-state index is 6.43. The minimum absolute atomic E-state index is 0.299. The van der Waals surface area contributed by atoms with E-state index in [9.17, 15) is 0 Å². The highest BCUT2D eigenvalue weighted by atomic mass is 28.4. The summed E-state index contributed by atoms with van der Waals surface area (Å²) in [7, 11) is -1.62. The lowest BCUT2D eigenvalue weighted by atomic mass is 9.99. The first kappa shape index (κ1) is 19.7. The first-order chi connectivity index (χ1) is 8.99. The van der Waals surface area contributed by atoms with Crippen molar-refractivity contribution >= 4 is 8.32 Å². The largest absolute Gasteiger partial charge is 0.414 e. The van der Waals surface area contributed by atoms with Gasteiger partial charge >= 0.3 is 0 Å². The Hall–Kier alpha value is -0.343. The molecule has 0 aromatic carbocycles. The standard InChI is InChI=1S/C18H36OSi/c1-10-11-15(2)12-13-16(3)14-17(4)19-20(8,9)18(5,6)7/h10-12,16-17H,13-14H2,1-9H3/b11-10+,15-12+/t16-,17+/m1/s1. The van der Waals surface area contributed by atoms with Crippen LogP contribution in [0.4, 0.5) is 0 Å². The molecule has 0 unspecified atom stereocenters. The van der Waals surface area contributed by atoms with Crippen LogP contribution in [0.3, 0.4) is 0 Å². The van der Waals surface area contributed by atoms with Crippen LogP contribution in [0.2, 0.25) is 18.1 Å². The molecule has 0 aromatic rings. The van der Waals surface area contributed by atoms with Crippen LogP contribution in [-0.4, -0.2) is 14.4 Å². The SMILES string of the molecule is C/C=C/C(C)=C/C[C@@H](C)C[C@H](C)O[Si](C)(C)C(C)(C)C. The van der Waals surface area contributed by atoms with Gasteiger partial charge in [-0.15, -0.1) is 0 Å². The van der Waals surface area contributed by atoms with Crippen LogP contribution in [0.1, 0.15) is 61.3 Å². The highest BCUT2D eigenvalue weighted by Gasteiger charge is 2.38. The molecule has 0 rings (SSSR count). The van der Waals surface area contributed by atoms with Crippen LogP contribution in [-0.2, 0) is 4.43 Å². The van der Waals surface area contributed by atoms with E-state index < -0.39 is 8.32 Å². The second-order valence-electron chi connectivity index (χ2n) is 7.71. The van der Waals surface area contributed by atoms with Gasteiger partial charge in [0.1, 0.15) is 0 Å². The van der Waals surface area contributed by atoms with Crippen molar-refractivity contribution in [1.29, 1.82) is 0 Å². The molecule has 0 N–H and O–H groups in total. The first-order valence-electron chi connectivity index (χ1n) is 7.97. The van der Waals surface area contributed by atoms with Gasteiger partial charge in [-0.2, -0.15) is 0 Å².